The zero-order valence-corrected chi connectivity index (χ0v) is 12.4. The summed E-state index contributed by atoms with van der Waals surface area (Å²) in [6, 6.07) is 5.26. The number of ether oxygens (including phenoxy) is 1. The van der Waals surface area contributed by atoms with Crippen LogP contribution in [0.2, 0.25) is 0 Å². The third-order valence-corrected chi connectivity index (χ3v) is 4.35. The molecule has 0 aliphatic carbocycles. The van der Waals surface area contributed by atoms with Gasteiger partial charge in [-0.2, -0.15) is 0 Å². The van der Waals surface area contributed by atoms with Gasteiger partial charge in [0.15, 0.2) is 0 Å². The van der Waals surface area contributed by atoms with Gasteiger partial charge in [0, 0.05) is 19.1 Å². The normalized spacial score (nSPS) is 22.0. The maximum absolute atomic E-state index is 11.5. The van der Waals surface area contributed by atoms with Gasteiger partial charge >= 0.3 is 5.97 Å². The van der Waals surface area contributed by atoms with Crippen LogP contribution in [0.15, 0.2) is 18.2 Å². The fourth-order valence-corrected chi connectivity index (χ4v) is 3.28. The summed E-state index contributed by atoms with van der Waals surface area (Å²) in [5.74, 6) is 0.380. The van der Waals surface area contributed by atoms with Crippen molar-refractivity contribution in [3.05, 3.63) is 29.6 Å². The molecule has 112 valence electrons. The van der Waals surface area contributed by atoms with E-state index in [0.717, 1.165) is 42.9 Å². The second-order valence-electron chi connectivity index (χ2n) is 5.61. The molecular formula is C16H20N2O3. The highest BCUT2D eigenvalue weighted by Gasteiger charge is 2.28. The highest BCUT2D eigenvalue weighted by molar-refractivity contribution is 6.01. The molecule has 1 fully saturated rings. The van der Waals surface area contributed by atoms with E-state index in [1.165, 1.54) is 0 Å². The third kappa shape index (κ3) is 2.42. The van der Waals surface area contributed by atoms with Crippen LogP contribution in [0.25, 0.3) is 11.0 Å². The first-order chi connectivity index (χ1) is 10.1. The van der Waals surface area contributed by atoms with Crippen molar-refractivity contribution in [3.63, 3.8) is 0 Å². The molecule has 0 saturated carbocycles. The first kappa shape index (κ1) is 14.1. The Morgan fingerprint density at radius 1 is 1.52 bits per heavy atom. The average Bonchev–Trinajstić information content (AvgIpc) is 3.03. The number of carboxylic acids is 1. The summed E-state index contributed by atoms with van der Waals surface area (Å²) < 4.78 is 7.79. The number of imidazole rings is 1. The van der Waals surface area contributed by atoms with Gasteiger partial charge in [-0.05, 0) is 31.9 Å². The van der Waals surface area contributed by atoms with E-state index in [9.17, 15) is 9.90 Å². The van der Waals surface area contributed by atoms with Gasteiger partial charge in [-0.3, -0.25) is 0 Å². The Balaban J connectivity index is 2.05. The second kappa shape index (κ2) is 5.48. The molecule has 2 aromatic rings. The molecule has 1 aromatic heterocycles. The number of fused-ring (bicyclic) bond motifs is 1. The largest absolute Gasteiger partial charge is 0.478 e. The van der Waals surface area contributed by atoms with E-state index in [-0.39, 0.29) is 6.10 Å². The summed E-state index contributed by atoms with van der Waals surface area (Å²) in [4.78, 5) is 16.0. The molecule has 0 amide bonds. The van der Waals surface area contributed by atoms with Gasteiger partial charge in [-0.1, -0.05) is 13.0 Å². The maximum atomic E-state index is 11.5. The van der Waals surface area contributed by atoms with Crippen molar-refractivity contribution < 1.29 is 14.6 Å². The van der Waals surface area contributed by atoms with Gasteiger partial charge in [-0.15, -0.1) is 0 Å². The monoisotopic (exact) mass is 288 g/mol. The van der Waals surface area contributed by atoms with Crippen LogP contribution in [0, 0.1) is 12.8 Å². The number of hydrogen-bond acceptors (Lipinski definition) is 3. The first-order valence-corrected chi connectivity index (χ1v) is 7.42. The van der Waals surface area contributed by atoms with Crippen LogP contribution in [0.1, 0.15) is 35.9 Å². The van der Waals surface area contributed by atoms with Crippen molar-refractivity contribution in [3.8, 4) is 0 Å². The van der Waals surface area contributed by atoms with Crippen LogP contribution in [0.5, 0.6) is 0 Å². The van der Waals surface area contributed by atoms with Crippen LogP contribution in [-0.2, 0) is 11.3 Å². The van der Waals surface area contributed by atoms with Gasteiger partial charge in [0.2, 0.25) is 0 Å². The van der Waals surface area contributed by atoms with E-state index in [2.05, 4.69) is 11.9 Å². The molecule has 1 aromatic carbocycles. The Morgan fingerprint density at radius 3 is 3.05 bits per heavy atom. The Morgan fingerprint density at radius 2 is 2.33 bits per heavy atom. The molecular weight excluding hydrogens is 268 g/mol. The summed E-state index contributed by atoms with van der Waals surface area (Å²) in [6.07, 6.45) is 2.27. The van der Waals surface area contributed by atoms with E-state index in [1.807, 2.05) is 17.6 Å². The van der Waals surface area contributed by atoms with E-state index in [4.69, 9.17) is 4.74 Å². The fraction of sp³-hybridized carbons (Fsp3) is 0.500. The van der Waals surface area contributed by atoms with Gasteiger partial charge in [0.25, 0.3) is 0 Å². The van der Waals surface area contributed by atoms with Gasteiger partial charge in [0.05, 0.1) is 22.7 Å². The molecule has 2 heterocycles. The van der Waals surface area contributed by atoms with Crippen LogP contribution in [0.3, 0.4) is 0 Å². The van der Waals surface area contributed by atoms with E-state index >= 15 is 0 Å². The molecule has 1 aliphatic rings. The zero-order valence-electron chi connectivity index (χ0n) is 12.4. The Kier molecular flexibility index (Phi) is 3.68. The van der Waals surface area contributed by atoms with Crippen LogP contribution >= 0.6 is 0 Å². The topological polar surface area (TPSA) is 64.4 Å². The quantitative estimate of drug-likeness (QED) is 0.939. The lowest BCUT2D eigenvalue weighted by Crippen LogP contribution is -2.21. The second-order valence-corrected chi connectivity index (χ2v) is 5.61. The highest BCUT2D eigenvalue weighted by atomic mass is 16.5. The van der Waals surface area contributed by atoms with Crippen LogP contribution < -0.4 is 0 Å². The van der Waals surface area contributed by atoms with Gasteiger partial charge in [-0.25, -0.2) is 9.78 Å². The number of nitrogens with zero attached hydrogens (tertiary/aromatic N) is 2. The Hall–Kier alpha value is -1.88. The van der Waals surface area contributed by atoms with Crippen LogP contribution in [0.4, 0.5) is 0 Å². The third-order valence-electron chi connectivity index (χ3n) is 4.35. The standard InChI is InChI=1S/C16H20N2O3/c1-3-14-11(7-8-21-14)9-18-10(2)17-13-6-4-5-12(15(13)18)16(19)20/h4-6,11,14H,3,7-9H2,1-2H3,(H,19,20). The molecule has 2 atom stereocenters. The molecule has 0 bridgehead atoms. The number of carboxylic acid groups (broad SMARTS) is 1. The van der Waals surface area contributed by atoms with E-state index in [0.29, 0.717) is 11.5 Å². The number of rotatable bonds is 4. The summed E-state index contributed by atoms with van der Waals surface area (Å²) >= 11 is 0. The SMILES string of the molecule is CCC1OCCC1Cn1c(C)nc2cccc(C(=O)O)c21. The van der Waals surface area contributed by atoms with E-state index in [1.54, 1.807) is 12.1 Å². The minimum atomic E-state index is -0.906. The number of aromatic nitrogens is 2. The zero-order chi connectivity index (χ0) is 15.0. The highest BCUT2D eigenvalue weighted by Crippen LogP contribution is 2.28. The summed E-state index contributed by atoms with van der Waals surface area (Å²) in [5, 5.41) is 9.41. The lowest BCUT2D eigenvalue weighted by Gasteiger charge is -2.19. The molecule has 0 radical (unpaired) electrons. The summed E-state index contributed by atoms with van der Waals surface area (Å²) in [5.41, 5.74) is 1.80. The lowest BCUT2D eigenvalue weighted by atomic mass is 9.99. The summed E-state index contributed by atoms with van der Waals surface area (Å²) in [6.45, 7) is 5.62. The van der Waals surface area contributed by atoms with E-state index < -0.39 is 5.97 Å². The number of aromatic carboxylic acids is 1. The molecule has 3 rings (SSSR count). The minimum absolute atomic E-state index is 0.263. The molecule has 1 N–H and O–H groups in total. The molecule has 21 heavy (non-hydrogen) atoms. The smallest absolute Gasteiger partial charge is 0.337 e. The van der Waals surface area contributed by atoms with Crippen molar-refractivity contribution in [1.82, 2.24) is 9.55 Å². The van der Waals surface area contributed by atoms with Crippen molar-refractivity contribution in [2.24, 2.45) is 5.92 Å². The molecule has 0 spiro atoms. The number of benzene rings is 1. The predicted octanol–water partition coefficient (Wildman–Crippen LogP) is 2.86. The fourth-order valence-electron chi connectivity index (χ4n) is 3.28. The number of aryl methyl sites for hydroxylation is 1. The number of para-hydroxylation sites is 1. The lowest BCUT2D eigenvalue weighted by molar-refractivity contribution is 0.0698. The maximum Gasteiger partial charge on any atom is 0.337 e. The first-order valence-electron chi connectivity index (χ1n) is 7.42. The van der Waals surface area contributed by atoms with Crippen molar-refractivity contribution in [2.75, 3.05) is 6.61 Å². The molecule has 1 saturated heterocycles. The summed E-state index contributed by atoms with van der Waals surface area (Å²) in [7, 11) is 0. The molecule has 5 nitrogen and oxygen atoms in total. The average molecular weight is 288 g/mol. The Bertz CT molecular complexity index is 677. The predicted molar refractivity (Wildman–Crippen MR) is 79.6 cm³/mol. The molecule has 2 unspecified atom stereocenters. The van der Waals surface area contributed by atoms with Crippen molar-refractivity contribution in [2.45, 2.75) is 39.3 Å². The van der Waals surface area contributed by atoms with Gasteiger partial charge < -0.3 is 14.4 Å². The van der Waals surface area contributed by atoms with Crippen molar-refractivity contribution in [1.29, 1.82) is 0 Å². The number of hydrogen-bond donors (Lipinski definition) is 1. The number of carbonyl (C=O) groups is 1. The Labute approximate surface area is 123 Å². The van der Waals surface area contributed by atoms with Crippen molar-refractivity contribution >= 4 is 17.0 Å². The van der Waals surface area contributed by atoms with Crippen LogP contribution in [-0.4, -0.2) is 33.3 Å². The molecule has 5 heteroatoms. The van der Waals surface area contributed by atoms with Gasteiger partial charge in [0.1, 0.15) is 5.82 Å². The minimum Gasteiger partial charge on any atom is -0.478 e. The molecule has 1 aliphatic heterocycles.